The molecule has 0 amide bonds. The third kappa shape index (κ3) is 4.98. The lowest BCUT2D eigenvalue weighted by Gasteiger charge is -2.07. The van der Waals surface area contributed by atoms with Crippen molar-refractivity contribution in [3.8, 4) is 0 Å². The molecule has 6 nitrogen and oxygen atoms in total. The Morgan fingerprint density at radius 2 is 1.79 bits per heavy atom. The lowest BCUT2D eigenvalue weighted by atomic mass is 10.1. The average Bonchev–Trinajstić information content (AvgIpc) is 2.94. The Kier molecular flexibility index (Phi) is 6.46. The molecule has 0 radical (unpaired) electrons. The SMILES string of the molecule is Cc1ccccc1COC(=O)CCCCCN=C1NS(=O)(=O)c2ccccc21. The number of aliphatic imine (C=N–C) groups is 1. The molecule has 0 aromatic heterocycles. The minimum atomic E-state index is -3.49. The molecular weight excluding hydrogens is 376 g/mol. The highest BCUT2D eigenvalue weighted by atomic mass is 32.2. The molecule has 0 saturated carbocycles. The number of esters is 1. The summed E-state index contributed by atoms with van der Waals surface area (Å²) < 4.78 is 31.8. The van der Waals surface area contributed by atoms with E-state index in [0.29, 0.717) is 31.0 Å². The first kappa shape index (κ1) is 20.1. The molecule has 0 atom stereocenters. The largest absolute Gasteiger partial charge is 0.461 e. The summed E-state index contributed by atoms with van der Waals surface area (Å²) in [5.74, 6) is 0.195. The summed E-state index contributed by atoms with van der Waals surface area (Å²) >= 11 is 0. The molecule has 0 fully saturated rings. The summed E-state index contributed by atoms with van der Waals surface area (Å²) in [4.78, 5) is 16.5. The van der Waals surface area contributed by atoms with Crippen molar-refractivity contribution in [1.82, 2.24) is 4.72 Å². The minimum absolute atomic E-state index is 0.202. The number of carbonyl (C=O) groups excluding carboxylic acids is 1. The van der Waals surface area contributed by atoms with Crippen LogP contribution in [0.5, 0.6) is 0 Å². The summed E-state index contributed by atoms with van der Waals surface area (Å²) in [6, 6.07) is 14.6. The maximum Gasteiger partial charge on any atom is 0.306 e. The van der Waals surface area contributed by atoms with Crippen molar-refractivity contribution in [2.45, 2.75) is 44.1 Å². The van der Waals surface area contributed by atoms with Gasteiger partial charge in [-0.2, -0.15) is 0 Å². The molecule has 1 N–H and O–H groups in total. The molecule has 28 heavy (non-hydrogen) atoms. The van der Waals surface area contributed by atoms with E-state index in [1.54, 1.807) is 24.3 Å². The summed E-state index contributed by atoms with van der Waals surface area (Å²) in [6.07, 6.45) is 2.70. The number of rotatable bonds is 8. The monoisotopic (exact) mass is 400 g/mol. The number of hydrogen-bond acceptors (Lipinski definition) is 5. The minimum Gasteiger partial charge on any atom is -0.461 e. The lowest BCUT2D eigenvalue weighted by Crippen LogP contribution is -2.22. The molecule has 1 aliphatic rings. The summed E-state index contributed by atoms with van der Waals surface area (Å²) in [7, 11) is -3.49. The number of sulfonamides is 1. The summed E-state index contributed by atoms with van der Waals surface area (Å²) in [6.45, 7) is 2.80. The number of amidine groups is 1. The van der Waals surface area contributed by atoms with E-state index in [0.717, 1.165) is 30.4 Å². The van der Waals surface area contributed by atoms with Gasteiger partial charge in [-0.15, -0.1) is 0 Å². The molecule has 1 heterocycles. The number of carbonyl (C=O) groups is 1. The van der Waals surface area contributed by atoms with Crippen LogP contribution in [0.1, 0.15) is 42.4 Å². The van der Waals surface area contributed by atoms with Crippen LogP contribution >= 0.6 is 0 Å². The van der Waals surface area contributed by atoms with Gasteiger partial charge in [0.2, 0.25) is 0 Å². The molecule has 0 saturated heterocycles. The zero-order chi connectivity index (χ0) is 20.0. The molecule has 0 aliphatic carbocycles. The fourth-order valence-electron chi connectivity index (χ4n) is 3.00. The van der Waals surface area contributed by atoms with E-state index in [-0.39, 0.29) is 10.9 Å². The molecule has 148 valence electrons. The Morgan fingerprint density at radius 3 is 2.61 bits per heavy atom. The van der Waals surface area contributed by atoms with Gasteiger partial charge in [-0.3, -0.25) is 14.5 Å². The molecule has 7 heteroatoms. The van der Waals surface area contributed by atoms with E-state index in [4.69, 9.17) is 4.74 Å². The van der Waals surface area contributed by atoms with Crippen LogP contribution < -0.4 is 4.72 Å². The van der Waals surface area contributed by atoms with Gasteiger partial charge in [-0.25, -0.2) is 8.42 Å². The Hall–Kier alpha value is -2.67. The molecule has 2 aromatic rings. The van der Waals surface area contributed by atoms with Crippen molar-refractivity contribution in [3.63, 3.8) is 0 Å². The van der Waals surface area contributed by atoms with Crippen molar-refractivity contribution in [2.75, 3.05) is 6.54 Å². The normalized spacial score (nSPS) is 15.8. The first-order valence-electron chi connectivity index (χ1n) is 9.34. The van der Waals surface area contributed by atoms with Gasteiger partial charge in [0, 0.05) is 18.5 Å². The highest BCUT2D eigenvalue weighted by Crippen LogP contribution is 2.22. The standard InChI is InChI=1S/C21H24N2O4S/c1-16-9-4-5-10-17(16)15-27-20(24)13-3-2-8-14-22-21-18-11-6-7-12-19(18)28(25,26)23-21/h4-7,9-12H,2-3,8,13-15H2,1H3,(H,22,23). The fourth-order valence-corrected chi connectivity index (χ4v) is 4.25. The van der Waals surface area contributed by atoms with Gasteiger partial charge >= 0.3 is 5.97 Å². The van der Waals surface area contributed by atoms with Crippen LogP contribution in [0.25, 0.3) is 0 Å². The first-order chi connectivity index (χ1) is 13.5. The topological polar surface area (TPSA) is 84.8 Å². The maximum atomic E-state index is 12.0. The second-order valence-electron chi connectivity index (χ2n) is 6.73. The smallest absolute Gasteiger partial charge is 0.306 e. The number of aryl methyl sites for hydroxylation is 1. The van der Waals surface area contributed by atoms with Gasteiger partial charge in [0.25, 0.3) is 10.0 Å². The predicted molar refractivity (Wildman–Crippen MR) is 108 cm³/mol. The predicted octanol–water partition coefficient (Wildman–Crippen LogP) is 3.34. The third-order valence-electron chi connectivity index (χ3n) is 4.62. The Labute approximate surface area is 165 Å². The zero-order valence-electron chi connectivity index (χ0n) is 15.8. The Morgan fingerprint density at radius 1 is 1.04 bits per heavy atom. The van der Waals surface area contributed by atoms with Gasteiger partial charge in [-0.05, 0) is 43.0 Å². The van der Waals surface area contributed by atoms with E-state index in [9.17, 15) is 13.2 Å². The molecule has 0 unspecified atom stereocenters. The van der Waals surface area contributed by atoms with Crippen LogP contribution in [0.15, 0.2) is 58.4 Å². The first-order valence-corrected chi connectivity index (χ1v) is 10.8. The van der Waals surface area contributed by atoms with Gasteiger partial charge in [0.1, 0.15) is 12.4 Å². The molecule has 0 spiro atoms. The molecule has 2 aromatic carbocycles. The molecule has 3 rings (SSSR count). The number of fused-ring (bicyclic) bond motifs is 1. The molecular formula is C21H24N2O4S. The number of nitrogens with one attached hydrogen (secondary N) is 1. The van der Waals surface area contributed by atoms with Gasteiger partial charge in [0.05, 0.1) is 4.90 Å². The Bertz CT molecular complexity index is 983. The number of nitrogens with zero attached hydrogens (tertiary/aromatic N) is 1. The van der Waals surface area contributed by atoms with Crippen LogP contribution in [-0.4, -0.2) is 26.8 Å². The van der Waals surface area contributed by atoms with Crippen LogP contribution in [0, 0.1) is 6.92 Å². The Balaban J connectivity index is 1.37. The van der Waals surface area contributed by atoms with E-state index < -0.39 is 10.0 Å². The number of unbranched alkanes of at least 4 members (excludes halogenated alkanes) is 2. The number of ether oxygens (including phenoxy) is 1. The number of benzene rings is 2. The van der Waals surface area contributed by atoms with E-state index in [1.807, 2.05) is 31.2 Å². The van der Waals surface area contributed by atoms with E-state index >= 15 is 0 Å². The maximum absolute atomic E-state index is 12.0. The van der Waals surface area contributed by atoms with Gasteiger partial charge in [-0.1, -0.05) is 42.8 Å². The second-order valence-corrected chi connectivity index (χ2v) is 8.38. The molecule has 0 bridgehead atoms. The van der Waals surface area contributed by atoms with Crippen molar-refractivity contribution in [3.05, 3.63) is 65.2 Å². The van der Waals surface area contributed by atoms with Crippen LogP contribution in [0.3, 0.4) is 0 Å². The number of hydrogen-bond donors (Lipinski definition) is 1. The summed E-state index contributed by atoms with van der Waals surface area (Å²) in [5, 5.41) is 0. The van der Waals surface area contributed by atoms with Crippen molar-refractivity contribution < 1.29 is 17.9 Å². The van der Waals surface area contributed by atoms with Crippen LogP contribution in [-0.2, 0) is 26.2 Å². The van der Waals surface area contributed by atoms with Gasteiger partial charge < -0.3 is 4.74 Å². The zero-order valence-corrected chi connectivity index (χ0v) is 16.7. The quantitative estimate of drug-likeness (QED) is 0.544. The van der Waals surface area contributed by atoms with Crippen molar-refractivity contribution >= 4 is 21.8 Å². The molecule has 1 aliphatic heterocycles. The average molecular weight is 400 g/mol. The van der Waals surface area contributed by atoms with E-state index in [2.05, 4.69) is 9.71 Å². The highest BCUT2D eigenvalue weighted by molar-refractivity contribution is 7.90. The second kappa shape index (κ2) is 9.01. The third-order valence-corrected chi connectivity index (χ3v) is 6.02. The van der Waals surface area contributed by atoms with Gasteiger partial charge in [0.15, 0.2) is 0 Å². The van der Waals surface area contributed by atoms with Crippen molar-refractivity contribution in [1.29, 1.82) is 0 Å². The fraction of sp³-hybridized carbons (Fsp3) is 0.333. The highest BCUT2D eigenvalue weighted by Gasteiger charge is 2.29. The van der Waals surface area contributed by atoms with E-state index in [1.165, 1.54) is 0 Å². The van der Waals surface area contributed by atoms with Crippen LogP contribution in [0.2, 0.25) is 0 Å². The van der Waals surface area contributed by atoms with Crippen LogP contribution in [0.4, 0.5) is 0 Å². The lowest BCUT2D eigenvalue weighted by molar-refractivity contribution is -0.145. The van der Waals surface area contributed by atoms with Crippen molar-refractivity contribution in [2.24, 2.45) is 4.99 Å². The summed E-state index contributed by atoms with van der Waals surface area (Å²) in [5.41, 5.74) is 2.74.